The summed E-state index contributed by atoms with van der Waals surface area (Å²) >= 11 is 0. The molecule has 0 aliphatic carbocycles. The smallest absolute Gasteiger partial charge is 0.321 e. The molecule has 1 aromatic carbocycles. The molecule has 128 valence electrons. The van der Waals surface area contributed by atoms with Crippen LogP contribution in [-0.2, 0) is 0 Å². The maximum absolute atomic E-state index is 12.4. The van der Waals surface area contributed by atoms with E-state index in [1.165, 1.54) is 6.20 Å². The second kappa shape index (κ2) is 7.05. The highest BCUT2D eigenvalue weighted by molar-refractivity contribution is 5.89. The van der Waals surface area contributed by atoms with Crippen molar-refractivity contribution in [1.82, 2.24) is 14.9 Å². The maximum atomic E-state index is 12.4. The Labute approximate surface area is 145 Å². The first kappa shape index (κ1) is 16.5. The summed E-state index contributed by atoms with van der Waals surface area (Å²) in [6.45, 7) is 1.21. The van der Waals surface area contributed by atoms with E-state index in [2.05, 4.69) is 15.3 Å². The van der Waals surface area contributed by atoms with E-state index in [0.29, 0.717) is 36.0 Å². The van der Waals surface area contributed by atoms with Crippen LogP contribution in [0.3, 0.4) is 0 Å². The van der Waals surface area contributed by atoms with Gasteiger partial charge >= 0.3 is 6.03 Å². The van der Waals surface area contributed by atoms with Gasteiger partial charge in [-0.3, -0.25) is 0 Å². The second-order valence-electron chi connectivity index (χ2n) is 5.67. The molecule has 0 spiro atoms. The Hall–Kier alpha value is -3.34. The number of aromatic nitrogens is 2. The first-order valence-electron chi connectivity index (χ1n) is 7.76. The predicted molar refractivity (Wildman–Crippen MR) is 92.5 cm³/mol. The molecular weight excluding hydrogens is 320 g/mol. The highest BCUT2D eigenvalue weighted by Crippen LogP contribution is 2.24. The molecule has 3 rings (SSSR count). The Morgan fingerprint density at radius 3 is 2.88 bits per heavy atom. The molecular formula is C17H18N6O2. The van der Waals surface area contributed by atoms with Crippen LogP contribution in [0.1, 0.15) is 5.69 Å². The van der Waals surface area contributed by atoms with Gasteiger partial charge in [0, 0.05) is 44.3 Å². The van der Waals surface area contributed by atoms with Crippen LogP contribution in [0.4, 0.5) is 16.3 Å². The molecule has 1 saturated heterocycles. The number of likely N-dealkylation sites (N-methyl/N-ethyl adjacent to an activating group) is 1. The summed E-state index contributed by atoms with van der Waals surface area (Å²) in [5.74, 6) is 1.24. The van der Waals surface area contributed by atoms with E-state index in [4.69, 9.17) is 10.00 Å². The van der Waals surface area contributed by atoms with Crippen LogP contribution in [0.25, 0.3) is 0 Å². The minimum atomic E-state index is -0.197. The Morgan fingerprint density at radius 1 is 1.40 bits per heavy atom. The molecule has 0 atom stereocenters. The fourth-order valence-electron chi connectivity index (χ4n) is 2.59. The normalized spacial score (nSPS) is 13.6. The number of rotatable bonds is 4. The third-order valence-electron chi connectivity index (χ3n) is 4.14. The number of carbonyl (C=O) groups excluding carboxylic acids is 1. The molecule has 2 heterocycles. The average Bonchev–Trinajstić information content (AvgIpc) is 2.61. The Morgan fingerprint density at radius 2 is 2.16 bits per heavy atom. The Bertz CT molecular complexity index is 813. The Balaban J connectivity index is 1.59. The van der Waals surface area contributed by atoms with Crippen molar-refractivity contribution in [2.24, 2.45) is 0 Å². The quantitative estimate of drug-likeness (QED) is 0.912. The summed E-state index contributed by atoms with van der Waals surface area (Å²) in [5, 5.41) is 11.9. The molecule has 25 heavy (non-hydrogen) atoms. The third-order valence-corrected chi connectivity index (χ3v) is 4.14. The SMILES string of the molecule is COc1cccc(NC(=O)N(C)C2CN(c3nccnc3C#N)C2)c1. The summed E-state index contributed by atoms with van der Waals surface area (Å²) in [4.78, 5) is 24.2. The van der Waals surface area contributed by atoms with Crippen LogP contribution in [0.2, 0.25) is 0 Å². The van der Waals surface area contributed by atoms with Gasteiger partial charge in [-0.25, -0.2) is 14.8 Å². The number of nitrogens with zero attached hydrogens (tertiary/aromatic N) is 5. The number of urea groups is 1. The number of anilines is 2. The number of methoxy groups -OCH3 is 1. The van der Waals surface area contributed by atoms with E-state index in [9.17, 15) is 4.79 Å². The average molecular weight is 338 g/mol. The fraction of sp³-hybridized carbons (Fsp3) is 0.294. The number of benzene rings is 1. The number of nitriles is 1. The van der Waals surface area contributed by atoms with Gasteiger partial charge in [-0.05, 0) is 12.1 Å². The van der Waals surface area contributed by atoms with Crippen LogP contribution >= 0.6 is 0 Å². The topological polar surface area (TPSA) is 94.4 Å². The molecule has 0 unspecified atom stereocenters. The number of amides is 2. The van der Waals surface area contributed by atoms with Crippen molar-refractivity contribution in [3.63, 3.8) is 0 Å². The van der Waals surface area contributed by atoms with Gasteiger partial charge < -0.3 is 19.9 Å². The molecule has 8 nitrogen and oxygen atoms in total. The summed E-state index contributed by atoms with van der Waals surface area (Å²) in [6.07, 6.45) is 3.05. The highest BCUT2D eigenvalue weighted by atomic mass is 16.5. The van der Waals surface area contributed by atoms with Crippen molar-refractivity contribution in [2.75, 3.05) is 37.5 Å². The summed E-state index contributed by atoms with van der Waals surface area (Å²) < 4.78 is 5.15. The predicted octanol–water partition coefficient (Wildman–Crippen LogP) is 1.71. The molecule has 8 heteroatoms. The monoisotopic (exact) mass is 338 g/mol. The van der Waals surface area contributed by atoms with Crippen molar-refractivity contribution in [2.45, 2.75) is 6.04 Å². The van der Waals surface area contributed by atoms with E-state index in [1.807, 2.05) is 23.1 Å². The number of carbonyl (C=O) groups is 1. The zero-order valence-electron chi connectivity index (χ0n) is 14.0. The lowest BCUT2D eigenvalue weighted by Gasteiger charge is -2.44. The lowest BCUT2D eigenvalue weighted by atomic mass is 10.1. The van der Waals surface area contributed by atoms with Crippen molar-refractivity contribution in [3.05, 3.63) is 42.4 Å². The number of hydrogen-bond acceptors (Lipinski definition) is 6. The summed E-state index contributed by atoms with van der Waals surface area (Å²) in [7, 11) is 3.33. The largest absolute Gasteiger partial charge is 0.497 e. The highest BCUT2D eigenvalue weighted by Gasteiger charge is 2.34. The van der Waals surface area contributed by atoms with Gasteiger partial charge in [-0.15, -0.1) is 0 Å². The van der Waals surface area contributed by atoms with Crippen molar-refractivity contribution in [3.8, 4) is 11.8 Å². The fourth-order valence-corrected chi connectivity index (χ4v) is 2.59. The molecule has 1 fully saturated rings. The molecule has 1 aliphatic rings. The van der Waals surface area contributed by atoms with Crippen LogP contribution in [0.15, 0.2) is 36.7 Å². The number of nitrogens with one attached hydrogen (secondary N) is 1. The van der Waals surface area contributed by atoms with Crippen molar-refractivity contribution in [1.29, 1.82) is 5.26 Å². The van der Waals surface area contributed by atoms with Crippen molar-refractivity contribution < 1.29 is 9.53 Å². The van der Waals surface area contributed by atoms with E-state index in [-0.39, 0.29) is 12.1 Å². The minimum Gasteiger partial charge on any atom is -0.497 e. The first-order chi connectivity index (χ1) is 12.1. The van der Waals surface area contributed by atoms with Gasteiger partial charge in [-0.2, -0.15) is 5.26 Å². The molecule has 0 radical (unpaired) electrons. The lowest BCUT2D eigenvalue weighted by molar-refractivity contribution is 0.191. The molecule has 1 aromatic heterocycles. The van der Waals surface area contributed by atoms with E-state index in [1.54, 1.807) is 37.4 Å². The molecule has 2 amide bonds. The van der Waals surface area contributed by atoms with Gasteiger partial charge in [0.05, 0.1) is 13.2 Å². The standard InChI is InChI=1S/C17H18N6O2/c1-22(17(24)21-12-4-3-5-14(8-12)25-2)13-10-23(11-13)16-15(9-18)19-6-7-20-16/h3-8,13H,10-11H2,1-2H3,(H,21,24). The Kier molecular flexibility index (Phi) is 4.66. The van der Waals surface area contributed by atoms with Crippen LogP contribution in [-0.4, -0.2) is 54.2 Å². The zero-order valence-corrected chi connectivity index (χ0v) is 14.0. The second-order valence-corrected chi connectivity index (χ2v) is 5.67. The van der Waals surface area contributed by atoms with Gasteiger partial charge in [0.2, 0.25) is 0 Å². The van der Waals surface area contributed by atoms with Crippen LogP contribution in [0.5, 0.6) is 5.75 Å². The number of ether oxygens (including phenoxy) is 1. The van der Waals surface area contributed by atoms with Gasteiger partial charge in [0.25, 0.3) is 0 Å². The molecule has 1 aliphatic heterocycles. The van der Waals surface area contributed by atoms with Gasteiger partial charge in [0.15, 0.2) is 11.5 Å². The molecule has 2 aromatic rings. The molecule has 0 bridgehead atoms. The minimum absolute atomic E-state index is 0.0409. The van der Waals surface area contributed by atoms with E-state index >= 15 is 0 Å². The van der Waals surface area contributed by atoms with Gasteiger partial charge in [-0.1, -0.05) is 6.07 Å². The summed E-state index contributed by atoms with van der Waals surface area (Å²) in [6, 6.07) is 9.08. The third kappa shape index (κ3) is 3.45. The number of hydrogen-bond donors (Lipinski definition) is 1. The van der Waals surface area contributed by atoms with E-state index in [0.717, 1.165) is 0 Å². The first-order valence-corrected chi connectivity index (χ1v) is 7.76. The molecule has 1 N–H and O–H groups in total. The molecule has 0 saturated carbocycles. The lowest BCUT2D eigenvalue weighted by Crippen LogP contribution is -2.61. The van der Waals surface area contributed by atoms with Crippen LogP contribution < -0.4 is 15.0 Å². The zero-order chi connectivity index (χ0) is 17.8. The van der Waals surface area contributed by atoms with Crippen molar-refractivity contribution >= 4 is 17.5 Å². The van der Waals surface area contributed by atoms with Gasteiger partial charge in [0.1, 0.15) is 11.8 Å². The van der Waals surface area contributed by atoms with E-state index < -0.39 is 0 Å². The van der Waals surface area contributed by atoms with Crippen LogP contribution in [0, 0.1) is 11.3 Å². The summed E-state index contributed by atoms with van der Waals surface area (Å²) in [5.41, 5.74) is 0.970. The maximum Gasteiger partial charge on any atom is 0.321 e.